The van der Waals surface area contributed by atoms with E-state index in [9.17, 15) is 13.6 Å². The minimum atomic E-state index is -3.31. The van der Waals surface area contributed by atoms with Crippen LogP contribution in [0.5, 0.6) is 0 Å². The van der Waals surface area contributed by atoms with Crippen LogP contribution in [0.25, 0.3) is 11.1 Å². The van der Waals surface area contributed by atoms with Crippen molar-refractivity contribution in [3.63, 3.8) is 0 Å². The van der Waals surface area contributed by atoms with Crippen LogP contribution < -0.4 is 0 Å². The van der Waals surface area contributed by atoms with Crippen LogP contribution in [0.4, 0.5) is 8.78 Å². The van der Waals surface area contributed by atoms with Gasteiger partial charge in [-0.15, -0.1) is 0 Å². The third kappa shape index (κ3) is 3.43. The van der Waals surface area contributed by atoms with Gasteiger partial charge < -0.3 is 9.15 Å². The molecule has 1 aromatic heterocycles. The maximum atomic E-state index is 14.1. The highest BCUT2D eigenvalue weighted by Gasteiger charge is 2.38. The van der Waals surface area contributed by atoms with Crippen LogP contribution in [0.1, 0.15) is 45.1 Å². The average molecular weight is 311 g/mol. The Kier molecular flexibility index (Phi) is 4.22. The van der Waals surface area contributed by atoms with Gasteiger partial charge in [-0.25, -0.2) is 4.98 Å². The van der Waals surface area contributed by atoms with Crippen molar-refractivity contribution < 1.29 is 22.7 Å². The van der Waals surface area contributed by atoms with Gasteiger partial charge in [-0.05, 0) is 23.1 Å². The van der Waals surface area contributed by atoms with E-state index in [2.05, 4.69) is 9.72 Å². The van der Waals surface area contributed by atoms with Gasteiger partial charge in [-0.2, -0.15) is 8.78 Å². The predicted octanol–water partition coefficient (Wildman–Crippen LogP) is 4.17. The molecule has 120 valence electrons. The second kappa shape index (κ2) is 5.66. The Balaban J connectivity index is 2.30. The summed E-state index contributed by atoms with van der Waals surface area (Å²) < 4.78 is 37.6. The van der Waals surface area contributed by atoms with Gasteiger partial charge in [-0.3, -0.25) is 4.79 Å². The fourth-order valence-electron chi connectivity index (χ4n) is 2.02. The molecule has 6 heteroatoms. The lowest BCUT2D eigenvalue weighted by Crippen LogP contribution is -2.16. The van der Waals surface area contributed by atoms with Crippen molar-refractivity contribution in [3.8, 4) is 0 Å². The SMILES string of the molecule is COC(=O)CCC(F)(F)c1nc2cc(C(C)(C)C)ccc2o1. The molecule has 4 nitrogen and oxygen atoms in total. The van der Waals surface area contributed by atoms with E-state index in [-0.39, 0.29) is 5.41 Å². The van der Waals surface area contributed by atoms with E-state index in [0.29, 0.717) is 11.1 Å². The van der Waals surface area contributed by atoms with E-state index in [1.165, 1.54) is 0 Å². The molecule has 2 rings (SSSR count). The maximum absolute atomic E-state index is 14.1. The highest BCUT2D eigenvalue weighted by molar-refractivity contribution is 5.74. The van der Waals surface area contributed by atoms with Crippen molar-refractivity contribution in [3.05, 3.63) is 29.7 Å². The number of fused-ring (bicyclic) bond motifs is 1. The summed E-state index contributed by atoms with van der Waals surface area (Å²) in [7, 11) is 1.16. The van der Waals surface area contributed by atoms with Gasteiger partial charge in [0, 0.05) is 6.42 Å². The number of nitrogens with zero attached hydrogens (tertiary/aromatic N) is 1. The van der Waals surface area contributed by atoms with Crippen LogP contribution in [0.2, 0.25) is 0 Å². The number of alkyl halides is 2. The van der Waals surface area contributed by atoms with Crippen LogP contribution in [0.3, 0.4) is 0 Å². The van der Waals surface area contributed by atoms with E-state index in [0.717, 1.165) is 12.7 Å². The standard InChI is InChI=1S/C16H19F2NO3/c1-15(2,3)10-5-6-12-11(9-10)19-14(22-12)16(17,18)8-7-13(20)21-4/h5-6,9H,7-8H2,1-4H3. The normalized spacial score (nSPS) is 12.6. The lowest BCUT2D eigenvalue weighted by Gasteiger charge is -2.18. The van der Waals surface area contributed by atoms with Gasteiger partial charge >= 0.3 is 11.9 Å². The lowest BCUT2D eigenvalue weighted by atomic mass is 9.87. The summed E-state index contributed by atoms with van der Waals surface area (Å²) in [4.78, 5) is 14.9. The largest absolute Gasteiger partial charge is 0.469 e. The fraction of sp³-hybridized carbons (Fsp3) is 0.500. The van der Waals surface area contributed by atoms with Crippen LogP contribution >= 0.6 is 0 Å². The molecule has 0 unspecified atom stereocenters. The number of halogens is 2. The van der Waals surface area contributed by atoms with Crippen LogP contribution in [0.15, 0.2) is 22.6 Å². The zero-order valence-electron chi connectivity index (χ0n) is 13.1. The number of aromatic nitrogens is 1. The summed E-state index contributed by atoms with van der Waals surface area (Å²) >= 11 is 0. The minimum absolute atomic E-state index is 0.110. The molecule has 0 fully saturated rings. The molecular formula is C16H19F2NO3. The van der Waals surface area contributed by atoms with Crippen molar-refractivity contribution in [2.75, 3.05) is 7.11 Å². The fourth-order valence-corrected chi connectivity index (χ4v) is 2.02. The number of rotatable bonds is 4. The third-order valence-electron chi connectivity index (χ3n) is 3.44. The molecule has 0 aliphatic rings. The van der Waals surface area contributed by atoms with Gasteiger partial charge in [-0.1, -0.05) is 26.8 Å². The Morgan fingerprint density at radius 3 is 2.59 bits per heavy atom. The minimum Gasteiger partial charge on any atom is -0.469 e. The van der Waals surface area contributed by atoms with Gasteiger partial charge in [0.15, 0.2) is 5.58 Å². The van der Waals surface area contributed by atoms with Gasteiger partial charge in [0.25, 0.3) is 5.89 Å². The molecule has 0 spiro atoms. The summed E-state index contributed by atoms with van der Waals surface area (Å²) in [6.07, 6.45) is -1.09. The van der Waals surface area contributed by atoms with E-state index < -0.39 is 30.6 Å². The Morgan fingerprint density at radius 1 is 1.32 bits per heavy atom. The molecule has 0 N–H and O–H groups in total. The molecule has 0 amide bonds. The Bertz CT molecular complexity index is 686. The van der Waals surface area contributed by atoms with Gasteiger partial charge in [0.1, 0.15) is 5.52 Å². The monoisotopic (exact) mass is 311 g/mol. The second-order valence-corrected chi connectivity index (χ2v) is 6.23. The molecule has 0 aliphatic heterocycles. The van der Waals surface area contributed by atoms with Crippen molar-refractivity contribution in [1.29, 1.82) is 0 Å². The quantitative estimate of drug-likeness (QED) is 0.795. The van der Waals surface area contributed by atoms with Crippen LogP contribution in [0, 0.1) is 0 Å². The molecule has 0 radical (unpaired) electrons. The van der Waals surface area contributed by atoms with Gasteiger partial charge in [0.2, 0.25) is 0 Å². The van der Waals surface area contributed by atoms with Crippen LogP contribution in [-0.4, -0.2) is 18.1 Å². The number of methoxy groups -OCH3 is 1. The van der Waals surface area contributed by atoms with E-state index >= 15 is 0 Å². The van der Waals surface area contributed by atoms with Crippen molar-refractivity contribution in [1.82, 2.24) is 4.98 Å². The van der Waals surface area contributed by atoms with Crippen LogP contribution in [-0.2, 0) is 20.9 Å². The zero-order chi connectivity index (χ0) is 16.5. The van der Waals surface area contributed by atoms with E-state index in [1.54, 1.807) is 12.1 Å². The Labute approximate surface area is 127 Å². The Morgan fingerprint density at radius 2 is 2.00 bits per heavy atom. The van der Waals surface area contributed by atoms with Gasteiger partial charge in [0.05, 0.1) is 13.5 Å². The first-order valence-corrected chi connectivity index (χ1v) is 7.00. The molecule has 0 saturated carbocycles. The number of hydrogen-bond acceptors (Lipinski definition) is 4. The number of ether oxygens (including phenoxy) is 1. The third-order valence-corrected chi connectivity index (χ3v) is 3.44. The molecular weight excluding hydrogens is 292 g/mol. The highest BCUT2D eigenvalue weighted by atomic mass is 19.3. The Hall–Kier alpha value is -1.98. The number of oxazole rings is 1. The number of esters is 1. The molecule has 0 atom stereocenters. The molecule has 22 heavy (non-hydrogen) atoms. The molecule has 0 aliphatic carbocycles. The average Bonchev–Trinajstić information content (AvgIpc) is 2.87. The first-order chi connectivity index (χ1) is 10.1. The summed E-state index contributed by atoms with van der Waals surface area (Å²) in [5.41, 5.74) is 1.57. The maximum Gasteiger partial charge on any atom is 0.322 e. The molecule has 1 heterocycles. The highest BCUT2D eigenvalue weighted by Crippen LogP contribution is 2.35. The zero-order valence-corrected chi connectivity index (χ0v) is 13.1. The molecule has 0 saturated heterocycles. The summed E-state index contributed by atoms with van der Waals surface area (Å²) in [5, 5.41) is 0. The van der Waals surface area contributed by atoms with Crippen molar-refractivity contribution >= 4 is 17.1 Å². The number of benzene rings is 1. The summed E-state index contributed by atoms with van der Waals surface area (Å²) in [5.74, 6) is -4.67. The first-order valence-electron chi connectivity index (χ1n) is 7.00. The smallest absolute Gasteiger partial charge is 0.322 e. The molecule has 0 bridgehead atoms. The summed E-state index contributed by atoms with van der Waals surface area (Å²) in [6, 6.07) is 5.23. The van der Waals surface area contributed by atoms with E-state index in [4.69, 9.17) is 4.42 Å². The first kappa shape index (κ1) is 16.4. The number of hydrogen-bond donors (Lipinski definition) is 0. The number of carbonyl (C=O) groups is 1. The van der Waals surface area contributed by atoms with E-state index in [1.807, 2.05) is 26.8 Å². The number of carbonyl (C=O) groups excluding carboxylic acids is 1. The summed E-state index contributed by atoms with van der Waals surface area (Å²) in [6.45, 7) is 6.08. The van der Waals surface area contributed by atoms with Crippen molar-refractivity contribution in [2.45, 2.75) is 45.0 Å². The topological polar surface area (TPSA) is 52.3 Å². The lowest BCUT2D eigenvalue weighted by molar-refractivity contribution is -0.143. The van der Waals surface area contributed by atoms with Crippen molar-refractivity contribution in [2.24, 2.45) is 0 Å². The molecule has 1 aromatic carbocycles. The molecule has 2 aromatic rings. The predicted molar refractivity (Wildman–Crippen MR) is 77.9 cm³/mol. The second-order valence-electron chi connectivity index (χ2n) is 6.23.